The number of rotatable bonds is 3. The molecule has 0 radical (unpaired) electrons. The van der Waals surface area contributed by atoms with Gasteiger partial charge in [-0.1, -0.05) is 46.3 Å². The van der Waals surface area contributed by atoms with E-state index in [0.717, 1.165) is 26.5 Å². The van der Waals surface area contributed by atoms with E-state index in [1.54, 1.807) is 0 Å². The molecule has 0 aliphatic carbocycles. The number of hydrogen-bond acceptors (Lipinski definition) is 2. The van der Waals surface area contributed by atoms with Crippen molar-refractivity contribution in [2.75, 3.05) is 0 Å². The van der Waals surface area contributed by atoms with Crippen LogP contribution in [0, 0.1) is 6.92 Å². The van der Waals surface area contributed by atoms with Crippen LogP contribution < -0.4 is 0 Å². The van der Waals surface area contributed by atoms with Crippen molar-refractivity contribution in [1.29, 1.82) is 0 Å². The van der Waals surface area contributed by atoms with Gasteiger partial charge in [0, 0.05) is 16.3 Å². The van der Waals surface area contributed by atoms with Crippen molar-refractivity contribution < 1.29 is 4.79 Å². The largest absolute Gasteiger partial charge is 0.292 e. The molecular weight excluding hydrogens is 326 g/mol. The first kappa shape index (κ1) is 14.0. The van der Waals surface area contributed by atoms with Crippen LogP contribution in [0.1, 0.15) is 21.6 Å². The molecule has 3 heteroatoms. The van der Waals surface area contributed by atoms with Crippen LogP contribution in [-0.4, -0.2) is 10.8 Å². The molecule has 2 aromatic carbocycles. The van der Waals surface area contributed by atoms with Crippen LogP contribution in [0.2, 0.25) is 0 Å². The van der Waals surface area contributed by atoms with E-state index in [4.69, 9.17) is 0 Å². The van der Waals surface area contributed by atoms with Crippen molar-refractivity contribution in [2.24, 2.45) is 0 Å². The summed E-state index contributed by atoms with van der Waals surface area (Å²) in [5.41, 5.74) is 3.49. The summed E-state index contributed by atoms with van der Waals surface area (Å²) in [5.74, 6) is 0.0474. The maximum Gasteiger partial charge on any atom is 0.185 e. The van der Waals surface area contributed by atoms with E-state index in [1.807, 2.05) is 61.5 Å². The zero-order valence-corrected chi connectivity index (χ0v) is 13.2. The fourth-order valence-corrected chi connectivity index (χ4v) is 2.63. The molecule has 0 N–H and O–H groups in total. The fourth-order valence-electron chi connectivity index (χ4n) is 2.37. The third-order valence-electron chi connectivity index (χ3n) is 3.49. The molecule has 0 aliphatic heterocycles. The molecule has 0 spiro atoms. The number of pyridine rings is 1. The summed E-state index contributed by atoms with van der Waals surface area (Å²) in [4.78, 5) is 16.9. The highest BCUT2D eigenvalue weighted by molar-refractivity contribution is 9.10. The lowest BCUT2D eigenvalue weighted by atomic mass is 10.0. The first-order valence-electron chi connectivity index (χ1n) is 6.77. The van der Waals surface area contributed by atoms with Gasteiger partial charge in [0.2, 0.25) is 0 Å². The molecule has 1 heterocycles. The highest BCUT2D eigenvalue weighted by Crippen LogP contribution is 2.19. The number of para-hydroxylation sites is 1. The van der Waals surface area contributed by atoms with Crippen molar-refractivity contribution in [3.8, 4) is 0 Å². The Morgan fingerprint density at radius 3 is 2.57 bits per heavy atom. The molecule has 0 saturated carbocycles. The van der Waals surface area contributed by atoms with Gasteiger partial charge in [-0.2, -0.15) is 0 Å². The first-order valence-corrected chi connectivity index (χ1v) is 7.57. The van der Waals surface area contributed by atoms with Gasteiger partial charge in [-0.3, -0.25) is 4.79 Å². The zero-order valence-electron chi connectivity index (χ0n) is 11.6. The quantitative estimate of drug-likeness (QED) is 0.645. The van der Waals surface area contributed by atoms with Crippen LogP contribution in [-0.2, 0) is 6.42 Å². The number of fused-ring (bicyclic) bond motifs is 1. The summed E-state index contributed by atoms with van der Waals surface area (Å²) >= 11 is 3.40. The number of nitrogens with zero attached hydrogens (tertiary/aromatic N) is 1. The third kappa shape index (κ3) is 3.03. The van der Waals surface area contributed by atoms with E-state index in [1.165, 1.54) is 0 Å². The van der Waals surface area contributed by atoms with Crippen LogP contribution in [0.3, 0.4) is 0 Å². The Labute approximate surface area is 132 Å². The number of aryl methyl sites for hydroxylation is 1. The molecule has 2 nitrogen and oxygen atoms in total. The van der Waals surface area contributed by atoms with Gasteiger partial charge in [0.05, 0.1) is 5.52 Å². The molecule has 0 amide bonds. The standard InChI is InChI=1S/C18H14BrNO/c1-12-10-17(20-16-5-3-2-4-15(12)16)18(21)11-13-6-8-14(19)9-7-13/h2-10H,11H2,1H3. The molecule has 0 unspecified atom stereocenters. The van der Waals surface area contributed by atoms with Crippen LogP contribution in [0.5, 0.6) is 0 Å². The highest BCUT2D eigenvalue weighted by atomic mass is 79.9. The maximum atomic E-state index is 12.4. The third-order valence-corrected chi connectivity index (χ3v) is 4.02. The minimum absolute atomic E-state index is 0.0474. The molecule has 21 heavy (non-hydrogen) atoms. The summed E-state index contributed by atoms with van der Waals surface area (Å²) < 4.78 is 1.01. The average molecular weight is 340 g/mol. The van der Waals surface area contributed by atoms with Crippen molar-refractivity contribution in [3.05, 3.63) is 75.9 Å². The number of carbonyl (C=O) groups is 1. The van der Waals surface area contributed by atoms with Gasteiger partial charge in [0.15, 0.2) is 5.78 Å². The Morgan fingerprint density at radius 2 is 1.81 bits per heavy atom. The van der Waals surface area contributed by atoms with E-state index in [0.29, 0.717) is 12.1 Å². The molecule has 0 aliphatic rings. The predicted octanol–water partition coefficient (Wildman–Crippen LogP) is 4.73. The molecule has 3 rings (SSSR count). The van der Waals surface area contributed by atoms with Crippen LogP contribution in [0.25, 0.3) is 10.9 Å². The zero-order chi connectivity index (χ0) is 14.8. The highest BCUT2D eigenvalue weighted by Gasteiger charge is 2.11. The van der Waals surface area contributed by atoms with Crippen molar-refractivity contribution in [1.82, 2.24) is 4.98 Å². The molecule has 0 saturated heterocycles. The molecule has 1 aromatic heterocycles. The second-order valence-electron chi connectivity index (χ2n) is 5.07. The van der Waals surface area contributed by atoms with Gasteiger partial charge in [0.25, 0.3) is 0 Å². The number of halogens is 1. The van der Waals surface area contributed by atoms with Crippen molar-refractivity contribution in [3.63, 3.8) is 0 Å². The lowest BCUT2D eigenvalue weighted by molar-refractivity contribution is 0.0988. The Kier molecular flexibility index (Phi) is 3.84. The molecule has 0 atom stereocenters. The number of benzene rings is 2. The Hall–Kier alpha value is -2.00. The summed E-state index contributed by atoms with van der Waals surface area (Å²) in [5, 5.41) is 1.10. The Balaban J connectivity index is 1.92. The molecule has 3 aromatic rings. The number of ketones is 1. The minimum Gasteiger partial charge on any atom is -0.292 e. The van der Waals surface area contributed by atoms with E-state index in [9.17, 15) is 4.79 Å². The average Bonchev–Trinajstić information content (AvgIpc) is 2.49. The van der Waals surface area contributed by atoms with E-state index < -0.39 is 0 Å². The normalized spacial score (nSPS) is 10.8. The number of carbonyl (C=O) groups excluding carboxylic acids is 1. The van der Waals surface area contributed by atoms with Crippen molar-refractivity contribution >= 4 is 32.6 Å². The van der Waals surface area contributed by atoms with Gasteiger partial charge >= 0.3 is 0 Å². The molecule has 0 bridgehead atoms. The lowest BCUT2D eigenvalue weighted by Crippen LogP contribution is -2.06. The number of aromatic nitrogens is 1. The number of hydrogen-bond donors (Lipinski definition) is 0. The Bertz CT molecular complexity index is 809. The van der Waals surface area contributed by atoms with Gasteiger partial charge in [-0.05, 0) is 42.3 Å². The van der Waals surface area contributed by atoms with E-state index in [2.05, 4.69) is 20.9 Å². The maximum absolute atomic E-state index is 12.4. The van der Waals surface area contributed by atoms with E-state index >= 15 is 0 Å². The summed E-state index contributed by atoms with van der Waals surface area (Å²) in [6, 6.07) is 17.6. The summed E-state index contributed by atoms with van der Waals surface area (Å²) in [6.07, 6.45) is 0.373. The summed E-state index contributed by atoms with van der Waals surface area (Å²) in [7, 11) is 0. The van der Waals surface area contributed by atoms with Crippen LogP contribution in [0.4, 0.5) is 0 Å². The van der Waals surface area contributed by atoms with Gasteiger partial charge < -0.3 is 0 Å². The smallest absolute Gasteiger partial charge is 0.185 e. The van der Waals surface area contributed by atoms with E-state index in [-0.39, 0.29) is 5.78 Å². The van der Waals surface area contributed by atoms with Crippen LogP contribution in [0.15, 0.2) is 59.1 Å². The Morgan fingerprint density at radius 1 is 1.10 bits per heavy atom. The monoisotopic (exact) mass is 339 g/mol. The minimum atomic E-state index is 0.0474. The van der Waals surface area contributed by atoms with Crippen molar-refractivity contribution in [2.45, 2.75) is 13.3 Å². The lowest BCUT2D eigenvalue weighted by Gasteiger charge is -2.06. The van der Waals surface area contributed by atoms with Crippen LogP contribution >= 0.6 is 15.9 Å². The van der Waals surface area contributed by atoms with Gasteiger partial charge in [-0.15, -0.1) is 0 Å². The fraction of sp³-hybridized carbons (Fsp3) is 0.111. The second-order valence-corrected chi connectivity index (χ2v) is 5.98. The molecule has 0 fully saturated rings. The predicted molar refractivity (Wildman–Crippen MR) is 88.7 cm³/mol. The van der Waals surface area contributed by atoms with Gasteiger partial charge in [0.1, 0.15) is 5.69 Å². The van der Waals surface area contributed by atoms with Gasteiger partial charge in [-0.25, -0.2) is 4.98 Å². The molecular formula is C18H14BrNO. The second kappa shape index (κ2) is 5.78. The SMILES string of the molecule is Cc1cc(C(=O)Cc2ccc(Br)cc2)nc2ccccc12. The summed E-state index contributed by atoms with van der Waals surface area (Å²) in [6.45, 7) is 2.01. The molecule has 104 valence electrons. The first-order chi connectivity index (χ1) is 10.1. The number of Topliss-reactive ketones (excluding diaryl/α,β-unsaturated/α-hetero) is 1. The topological polar surface area (TPSA) is 30.0 Å².